The molecule has 7 aromatic rings. The first-order valence-corrected chi connectivity index (χ1v) is 15.4. The highest BCUT2D eigenvalue weighted by molar-refractivity contribution is 5.82. The molecule has 4 aromatic carbocycles. The summed E-state index contributed by atoms with van der Waals surface area (Å²) in [6.45, 7) is 6.41. The average molecular weight is 580 g/mol. The molecule has 2 N–H and O–H groups in total. The number of rotatable bonds is 7. The van der Waals surface area contributed by atoms with Crippen LogP contribution in [-0.2, 0) is 24.8 Å². The Morgan fingerprint density at radius 2 is 1.20 bits per heavy atom. The lowest BCUT2D eigenvalue weighted by Gasteiger charge is -2.37. The summed E-state index contributed by atoms with van der Waals surface area (Å²) < 4.78 is 2.26. The topological polar surface area (TPSA) is 62.3 Å². The van der Waals surface area contributed by atoms with Crippen molar-refractivity contribution in [2.75, 3.05) is 0 Å². The van der Waals surface area contributed by atoms with Gasteiger partial charge in [-0.15, -0.1) is 0 Å². The van der Waals surface area contributed by atoms with Gasteiger partial charge in [0.2, 0.25) is 0 Å². The molecule has 0 atom stereocenters. The number of hydrogen-bond donors (Lipinski definition) is 2. The van der Waals surface area contributed by atoms with Crippen LogP contribution in [0.5, 0.6) is 0 Å². The van der Waals surface area contributed by atoms with Crippen LogP contribution in [0.15, 0.2) is 147 Å². The molecule has 0 aliphatic rings. The van der Waals surface area contributed by atoms with Crippen LogP contribution in [0.25, 0.3) is 10.9 Å². The van der Waals surface area contributed by atoms with Gasteiger partial charge in [0.05, 0.1) is 18.3 Å². The minimum atomic E-state index is -0.454. The highest BCUT2D eigenvalue weighted by Crippen LogP contribution is 2.40. The van der Waals surface area contributed by atoms with E-state index in [0.717, 1.165) is 25.0 Å². The molecular weight excluding hydrogens is 538 g/mol. The summed E-state index contributed by atoms with van der Waals surface area (Å²) in [5.74, 6) is 0. The molecule has 0 aliphatic carbocycles. The Morgan fingerprint density at radius 1 is 0.636 bits per heavy atom. The second-order valence-corrected chi connectivity index (χ2v) is 10.6. The van der Waals surface area contributed by atoms with Crippen molar-refractivity contribution < 1.29 is 0 Å². The Balaban J connectivity index is 0.000000173. The predicted molar refractivity (Wildman–Crippen MR) is 182 cm³/mol. The van der Waals surface area contributed by atoms with Crippen molar-refractivity contribution in [1.29, 1.82) is 0 Å². The van der Waals surface area contributed by atoms with E-state index in [2.05, 4.69) is 173 Å². The number of benzene rings is 4. The molecule has 0 saturated heterocycles. The molecule has 44 heavy (non-hydrogen) atoms. The summed E-state index contributed by atoms with van der Waals surface area (Å²) in [6.07, 6.45) is 12.8. The van der Waals surface area contributed by atoms with Gasteiger partial charge in [-0.2, -0.15) is 0 Å². The molecule has 0 amide bonds. The molecule has 3 aromatic heterocycles. The van der Waals surface area contributed by atoms with E-state index in [9.17, 15) is 0 Å². The molecule has 0 aliphatic heterocycles. The Kier molecular flexibility index (Phi) is 10.2. The van der Waals surface area contributed by atoms with Gasteiger partial charge >= 0.3 is 0 Å². The van der Waals surface area contributed by atoms with Crippen LogP contribution >= 0.6 is 0 Å². The van der Waals surface area contributed by atoms with Gasteiger partial charge in [-0.1, -0.05) is 130 Å². The van der Waals surface area contributed by atoms with Crippen molar-refractivity contribution >= 4 is 10.9 Å². The monoisotopic (exact) mass is 579 g/mol. The van der Waals surface area contributed by atoms with Crippen molar-refractivity contribution in [1.82, 2.24) is 24.5 Å². The van der Waals surface area contributed by atoms with E-state index in [0.29, 0.717) is 0 Å². The number of aromatic amines is 2. The predicted octanol–water partition coefficient (Wildman–Crippen LogP) is 8.99. The number of nitrogens with one attached hydrogen (secondary N) is 2. The van der Waals surface area contributed by atoms with E-state index in [1.54, 1.807) is 6.33 Å². The lowest BCUT2D eigenvalue weighted by atomic mass is 9.77. The maximum Gasteiger partial charge on any atom is 0.121 e. The van der Waals surface area contributed by atoms with E-state index in [1.807, 2.05) is 12.5 Å². The van der Waals surface area contributed by atoms with Crippen LogP contribution in [0.3, 0.4) is 0 Å². The first kappa shape index (κ1) is 30.3. The van der Waals surface area contributed by atoms with Crippen molar-refractivity contribution in [2.45, 2.75) is 45.6 Å². The summed E-state index contributed by atoms with van der Waals surface area (Å²) in [4.78, 5) is 14.7. The molecule has 0 spiro atoms. The summed E-state index contributed by atoms with van der Waals surface area (Å²) in [5, 5.41) is 1.36. The third-order valence-corrected chi connectivity index (χ3v) is 7.95. The summed E-state index contributed by atoms with van der Waals surface area (Å²) in [5.41, 5.74) is 8.14. The summed E-state index contributed by atoms with van der Waals surface area (Å²) >= 11 is 0. The third kappa shape index (κ3) is 6.57. The van der Waals surface area contributed by atoms with E-state index < -0.39 is 5.54 Å². The third-order valence-electron chi connectivity index (χ3n) is 7.95. The number of aromatic nitrogens is 5. The van der Waals surface area contributed by atoms with E-state index >= 15 is 0 Å². The average Bonchev–Trinajstić information content (AvgIpc) is 3.89. The van der Waals surface area contributed by atoms with E-state index in [-0.39, 0.29) is 0 Å². The Bertz CT molecular complexity index is 1700. The van der Waals surface area contributed by atoms with Crippen LogP contribution < -0.4 is 0 Å². The Labute approximate surface area is 260 Å². The molecular formula is C39H41N5. The van der Waals surface area contributed by atoms with Gasteiger partial charge in [0.25, 0.3) is 0 Å². The van der Waals surface area contributed by atoms with Crippen LogP contribution in [0, 0.1) is 0 Å². The number of aryl methyl sites for hydroxylation is 3. The van der Waals surface area contributed by atoms with Crippen LogP contribution in [0.1, 0.15) is 54.4 Å². The van der Waals surface area contributed by atoms with Crippen molar-refractivity contribution in [3.8, 4) is 0 Å². The fourth-order valence-corrected chi connectivity index (χ4v) is 5.62. The van der Waals surface area contributed by atoms with Gasteiger partial charge < -0.3 is 14.5 Å². The minimum absolute atomic E-state index is 0.454. The lowest BCUT2D eigenvalue weighted by Crippen LogP contribution is -2.36. The van der Waals surface area contributed by atoms with Gasteiger partial charge in [-0.3, -0.25) is 0 Å². The lowest BCUT2D eigenvalue weighted by molar-refractivity contribution is 0.514. The fraction of sp³-hybridized carbons (Fsp3) is 0.179. The standard InChI is InChI=1S/C24H22N2.C10H11N.C5H8N2/c1-2-23-18-26(19-25-23)24(20-12-6-3-7-13-20,21-14-8-4-9-15-21)22-16-10-5-11-17-22;1-2-8-7-11-10-6-4-3-5-9(8)10;1-2-5-3-6-4-7-5/h3-19H,2H2,1H3;3-7,11H,2H2,1H3;3-4H,2H2,1H3,(H,6,7). The summed E-state index contributed by atoms with van der Waals surface area (Å²) in [7, 11) is 0. The first-order chi connectivity index (χ1) is 21.7. The highest BCUT2D eigenvalue weighted by atomic mass is 15.1. The smallest absolute Gasteiger partial charge is 0.121 e. The molecule has 7 rings (SSSR count). The molecule has 0 fully saturated rings. The van der Waals surface area contributed by atoms with Crippen LogP contribution in [-0.4, -0.2) is 24.5 Å². The molecule has 0 radical (unpaired) electrons. The zero-order valence-corrected chi connectivity index (χ0v) is 25.8. The summed E-state index contributed by atoms with van der Waals surface area (Å²) in [6, 6.07) is 40.4. The Hall–Kier alpha value is -5.16. The second-order valence-electron chi connectivity index (χ2n) is 10.6. The maximum atomic E-state index is 4.64. The molecule has 0 saturated carbocycles. The van der Waals surface area contributed by atoms with Crippen molar-refractivity contribution in [3.63, 3.8) is 0 Å². The van der Waals surface area contributed by atoms with Gasteiger partial charge in [0.15, 0.2) is 0 Å². The van der Waals surface area contributed by atoms with Gasteiger partial charge in [0, 0.05) is 35.2 Å². The quantitative estimate of drug-likeness (QED) is 0.185. The SMILES string of the molecule is CCc1c[nH]c2ccccc12.CCc1cn(C(c2ccccc2)(c2ccccc2)c2ccccc2)cn1.CCc1cnc[nH]1. The number of hydrogen-bond acceptors (Lipinski definition) is 2. The van der Waals surface area contributed by atoms with E-state index in [1.165, 1.54) is 38.9 Å². The zero-order chi connectivity index (χ0) is 30.6. The van der Waals surface area contributed by atoms with Crippen LogP contribution in [0.2, 0.25) is 0 Å². The second kappa shape index (κ2) is 14.8. The zero-order valence-electron chi connectivity index (χ0n) is 25.8. The van der Waals surface area contributed by atoms with Gasteiger partial charge in [-0.25, -0.2) is 9.97 Å². The molecule has 222 valence electrons. The van der Waals surface area contributed by atoms with Gasteiger partial charge in [-0.05, 0) is 47.6 Å². The fourth-order valence-electron chi connectivity index (χ4n) is 5.62. The normalized spacial score (nSPS) is 10.9. The van der Waals surface area contributed by atoms with Gasteiger partial charge in [0.1, 0.15) is 5.54 Å². The number of H-pyrrole nitrogens is 2. The number of fused-ring (bicyclic) bond motifs is 1. The Morgan fingerprint density at radius 3 is 1.66 bits per heavy atom. The van der Waals surface area contributed by atoms with Crippen molar-refractivity contribution in [3.05, 3.63) is 180 Å². The molecule has 0 unspecified atom stereocenters. The molecule has 5 heteroatoms. The number of nitrogens with zero attached hydrogens (tertiary/aromatic N) is 3. The highest BCUT2D eigenvalue weighted by Gasteiger charge is 2.38. The largest absolute Gasteiger partial charge is 0.361 e. The number of imidazole rings is 2. The maximum absolute atomic E-state index is 4.64. The molecule has 3 heterocycles. The number of para-hydroxylation sites is 1. The molecule has 0 bridgehead atoms. The minimum Gasteiger partial charge on any atom is -0.361 e. The van der Waals surface area contributed by atoms with E-state index in [4.69, 9.17) is 0 Å². The first-order valence-electron chi connectivity index (χ1n) is 15.4. The molecule has 5 nitrogen and oxygen atoms in total. The van der Waals surface area contributed by atoms with Crippen molar-refractivity contribution in [2.24, 2.45) is 0 Å². The van der Waals surface area contributed by atoms with Crippen LogP contribution in [0.4, 0.5) is 0 Å².